The fourth-order valence-electron chi connectivity index (χ4n) is 3.84. The number of benzene rings is 2. The number of rotatable bonds is 9. The van der Waals surface area contributed by atoms with Gasteiger partial charge in [0.05, 0.1) is 11.5 Å². The highest BCUT2D eigenvalue weighted by molar-refractivity contribution is 7.89. The van der Waals surface area contributed by atoms with E-state index in [1.807, 2.05) is 0 Å². The number of nitrogens with one attached hydrogen (secondary N) is 2. The van der Waals surface area contributed by atoms with Crippen LogP contribution in [-0.4, -0.2) is 58.1 Å². The lowest BCUT2D eigenvalue weighted by Gasteiger charge is -2.30. The van der Waals surface area contributed by atoms with E-state index in [9.17, 15) is 18.0 Å². The summed E-state index contributed by atoms with van der Waals surface area (Å²) in [6, 6.07) is 12.5. The standard InChI is InChI=1S/C24H31N3O6S/c1-27(21-9-4-3-5-10-21)34(30,31)22-13-11-18(12-14-22)23(28)25-19-7-6-8-20(17-19)26-24(29)33-16-15-32-2/h6-8,11-14,17,21H,3-5,9-10,15-16H2,1-2H3,(H,25,28)(H,26,29). The van der Waals surface area contributed by atoms with Gasteiger partial charge in [0.15, 0.2) is 0 Å². The van der Waals surface area contributed by atoms with Crippen LogP contribution in [0.5, 0.6) is 0 Å². The number of sulfonamides is 1. The van der Waals surface area contributed by atoms with Crippen molar-refractivity contribution in [1.82, 2.24) is 4.31 Å². The van der Waals surface area contributed by atoms with E-state index < -0.39 is 22.0 Å². The first-order valence-electron chi connectivity index (χ1n) is 11.2. The number of hydrogen-bond donors (Lipinski definition) is 2. The second kappa shape index (κ2) is 12.0. The predicted octanol–water partition coefficient (Wildman–Crippen LogP) is 4.09. The molecule has 184 valence electrons. The summed E-state index contributed by atoms with van der Waals surface area (Å²) in [7, 11) is -0.489. The van der Waals surface area contributed by atoms with Gasteiger partial charge in [0, 0.05) is 37.1 Å². The largest absolute Gasteiger partial charge is 0.447 e. The van der Waals surface area contributed by atoms with Crippen molar-refractivity contribution in [2.24, 2.45) is 0 Å². The Morgan fingerprint density at radius 2 is 1.62 bits per heavy atom. The van der Waals surface area contributed by atoms with Gasteiger partial charge in [-0.25, -0.2) is 13.2 Å². The molecular formula is C24H31N3O6S. The van der Waals surface area contributed by atoms with Gasteiger partial charge in [-0.2, -0.15) is 4.31 Å². The number of anilines is 2. The summed E-state index contributed by atoms with van der Waals surface area (Å²) < 4.78 is 37.2. The third-order valence-electron chi connectivity index (χ3n) is 5.77. The summed E-state index contributed by atoms with van der Waals surface area (Å²) >= 11 is 0. The molecule has 0 bridgehead atoms. The molecule has 0 unspecified atom stereocenters. The van der Waals surface area contributed by atoms with Crippen LogP contribution in [0.3, 0.4) is 0 Å². The van der Waals surface area contributed by atoms with Crippen LogP contribution in [0.15, 0.2) is 53.4 Å². The van der Waals surface area contributed by atoms with Gasteiger partial charge in [0.1, 0.15) is 6.61 Å². The van der Waals surface area contributed by atoms with Gasteiger partial charge in [-0.05, 0) is 55.3 Å². The minimum atomic E-state index is -3.62. The van der Waals surface area contributed by atoms with E-state index in [0.717, 1.165) is 32.1 Å². The van der Waals surface area contributed by atoms with Crippen LogP contribution in [0.4, 0.5) is 16.2 Å². The maximum atomic E-state index is 13.0. The van der Waals surface area contributed by atoms with Crippen molar-refractivity contribution in [3.8, 4) is 0 Å². The lowest BCUT2D eigenvalue weighted by molar-refractivity contribution is 0.102. The Labute approximate surface area is 200 Å². The highest BCUT2D eigenvalue weighted by Crippen LogP contribution is 2.26. The minimum Gasteiger partial charge on any atom is -0.447 e. The number of carbonyl (C=O) groups is 2. The molecule has 34 heavy (non-hydrogen) atoms. The molecule has 0 aliphatic heterocycles. The summed E-state index contributed by atoms with van der Waals surface area (Å²) in [5, 5.41) is 5.32. The smallest absolute Gasteiger partial charge is 0.411 e. The Bertz CT molecular complexity index is 1080. The first-order chi connectivity index (χ1) is 16.3. The summed E-state index contributed by atoms with van der Waals surface area (Å²) in [6.45, 7) is 0.418. The number of carbonyl (C=O) groups excluding carboxylic acids is 2. The lowest BCUT2D eigenvalue weighted by Crippen LogP contribution is -2.38. The Balaban J connectivity index is 1.62. The molecule has 2 aromatic carbocycles. The minimum absolute atomic E-state index is 0.0138. The number of methoxy groups -OCH3 is 1. The molecule has 0 saturated heterocycles. The van der Waals surface area contributed by atoms with Crippen molar-refractivity contribution >= 4 is 33.4 Å². The highest BCUT2D eigenvalue weighted by Gasteiger charge is 2.29. The van der Waals surface area contributed by atoms with Crippen molar-refractivity contribution < 1.29 is 27.5 Å². The lowest BCUT2D eigenvalue weighted by atomic mass is 9.96. The molecule has 0 spiro atoms. The maximum absolute atomic E-state index is 13.0. The normalized spacial score (nSPS) is 14.6. The van der Waals surface area contributed by atoms with Crippen molar-refractivity contribution in [2.75, 3.05) is 38.0 Å². The van der Waals surface area contributed by atoms with E-state index in [4.69, 9.17) is 9.47 Å². The monoisotopic (exact) mass is 489 g/mol. The molecule has 2 aromatic rings. The van der Waals surface area contributed by atoms with Crippen molar-refractivity contribution in [2.45, 2.75) is 43.0 Å². The molecule has 10 heteroatoms. The van der Waals surface area contributed by atoms with Gasteiger partial charge in [-0.15, -0.1) is 0 Å². The fraction of sp³-hybridized carbons (Fsp3) is 0.417. The van der Waals surface area contributed by atoms with Crippen LogP contribution in [0, 0.1) is 0 Å². The van der Waals surface area contributed by atoms with Gasteiger partial charge < -0.3 is 14.8 Å². The second-order valence-electron chi connectivity index (χ2n) is 8.13. The molecule has 0 radical (unpaired) electrons. The Hall–Kier alpha value is -2.95. The molecule has 0 heterocycles. The SMILES string of the molecule is COCCOC(=O)Nc1cccc(NC(=O)c2ccc(S(=O)(=O)N(C)C3CCCCC3)cc2)c1. The maximum Gasteiger partial charge on any atom is 0.411 e. The van der Waals surface area contributed by atoms with Crippen molar-refractivity contribution in [3.63, 3.8) is 0 Å². The molecular weight excluding hydrogens is 458 g/mol. The average molecular weight is 490 g/mol. The van der Waals surface area contributed by atoms with E-state index in [1.165, 1.54) is 35.7 Å². The van der Waals surface area contributed by atoms with Gasteiger partial charge in [-0.3, -0.25) is 10.1 Å². The van der Waals surface area contributed by atoms with E-state index in [1.54, 1.807) is 31.3 Å². The van der Waals surface area contributed by atoms with E-state index in [-0.39, 0.29) is 17.5 Å². The van der Waals surface area contributed by atoms with E-state index >= 15 is 0 Å². The molecule has 1 saturated carbocycles. The number of amides is 2. The molecule has 1 fully saturated rings. The third kappa shape index (κ3) is 6.78. The van der Waals surface area contributed by atoms with Crippen molar-refractivity contribution in [3.05, 3.63) is 54.1 Å². The molecule has 3 rings (SSSR count). The van der Waals surface area contributed by atoms with Crippen LogP contribution >= 0.6 is 0 Å². The van der Waals surface area contributed by atoms with Gasteiger partial charge in [-0.1, -0.05) is 25.3 Å². The number of nitrogens with zero attached hydrogens (tertiary/aromatic N) is 1. The zero-order valence-electron chi connectivity index (χ0n) is 19.5. The van der Waals surface area contributed by atoms with Crippen LogP contribution in [-0.2, 0) is 19.5 Å². The second-order valence-corrected chi connectivity index (χ2v) is 10.1. The average Bonchev–Trinajstić information content (AvgIpc) is 2.84. The Morgan fingerprint density at radius 3 is 2.26 bits per heavy atom. The van der Waals surface area contributed by atoms with Crippen LogP contribution < -0.4 is 10.6 Å². The first kappa shape index (κ1) is 25.7. The van der Waals surface area contributed by atoms with Crippen LogP contribution in [0.1, 0.15) is 42.5 Å². The van der Waals surface area contributed by atoms with Crippen LogP contribution in [0.2, 0.25) is 0 Å². The Morgan fingerprint density at radius 1 is 0.971 bits per heavy atom. The fourth-order valence-corrected chi connectivity index (χ4v) is 5.25. The summed E-state index contributed by atoms with van der Waals surface area (Å²) in [6.07, 6.45) is 4.33. The zero-order valence-corrected chi connectivity index (χ0v) is 20.3. The molecule has 0 aromatic heterocycles. The summed E-state index contributed by atoms with van der Waals surface area (Å²) in [5.74, 6) is -0.399. The molecule has 2 amide bonds. The van der Waals surface area contributed by atoms with Crippen LogP contribution in [0.25, 0.3) is 0 Å². The van der Waals surface area contributed by atoms with E-state index in [0.29, 0.717) is 23.5 Å². The predicted molar refractivity (Wildman–Crippen MR) is 130 cm³/mol. The van der Waals surface area contributed by atoms with Crippen molar-refractivity contribution in [1.29, 1.82) is 0 Å². The third-order valence-corrected chi connectivity index (χ3v) is 7.69. The van der Waals surface area contributed by atoms with E-state index in [2.05, 4.69) is 10.6 Å². The topological polar surface area (TPSA) is 114 Å². The molecule has 0 atom stereocenters. The summed E-state index contributed by atoms with van der Waals surface area (Å²) in [4.78, 5) is 24.6. The number of ether oxygens (including phenoxy) is 2. The number of hydrogen-bond acceptors (Lipinski definition) is 6. The Kier molecular flexibility index (Phi) is 9.03. The van der Waals surface area contributed by atoms with Gasteiger partial charge in [0.2, 0.25) is 10.0 Å². The molecule has 2 N–H and O–H groups in total. The van der Waals surface area contributed by atoms with Gasteiger partial charge >= 0.3 is 6.09 Å². The van der Waals surface area contributed by atoms with Gasteiger partial charge in [0.25, 0.3) is 5.91 Å². The summed E-state index contributed by atoms with van der Waals surface area (Å²) in [5.41, 5.74) is 1.23. The quantitative estimate of drug-likeness (QED) is 0.513. The molecule has 9 nitrogen and oxygen atoms in total. The first-order valence-corrected chi connectivity index (χ1v) is 12.7. The molecule has 1 aliphatic rings. The molecule has 1 aliphatic carbocycles. The highest BCUT2D eigenvalue weighted by atomic mass is 32.2. The zero-order chi connectivity index (χ0) is 24.6.